The van der Waals surface area contributed by atoms with E-state index in [0.717, 1.165) is 25.1 Å². The zero-order chi connectivity index (χ0) is 14.4. The van der Waals surface area contributed by atoms with E-state index >= 15 is 0 Å². The van der Waals surface area contributed by atoms with E-state index in [1.165, 1.54) is 25.9 Å². The molecule has 1 saturated heterocycles. The summed E-state index contributed by atoms with van der Waals surface area (Å²) in [5, 5.41) is 22.7. The number of nitrogens with one attached hydrogen (secondary N) is 1. The van der Waals surface area contributed by atoms with E-state index in [2.05, 4.69) is 15.2 Å². The molecule has 0 aromatic carbocycles. The van der Waals surface area contributed by atoms with Crippen LogP contribution in [0.3, 0.4) is 0 Å². The van der Waals surface area contributed by atoms with Crippen LogP contribution in [0.1, 0.15) is 36.1 Å². The number of aliphatic hydroxyl groups is 1. The van der Waals surface area contributed by atoms with Gasteiger partial charge in [0.25, 0.3) is 0 Å². The third-order valence-corrected chi connectivity index (χ3v) is 3.93. The molecule has 5 heteroatoms. The van der Waals surface area contributed by atoms with E-state index in [9.17, 15) is 10.2 Å². The Morgan fingerprint density at radius 2 is 2.10 bits per heavy atom. The molecule has 0 amide bonds. The van der Waals surface area contributed by atoms with Gasteiger partial charge in [-0.15, -0.1) is 0 Å². The molecule has 1 aromatic heterocycles. The van der Waals surface area contributed by atoms with Gasteiger partial charge in [0.2, 0.25) is 0 Å². The van der Waals surface area contributed by atoms with Crippen LogP contribution in [-0.4, -0.2) is 46.3 Å². The van der Waals surface area contributed by atoms with E-state index in [0.29, 0.717) is 17.8 Å². The Kier molecular flexibility index (Phi) is 5.76. The smallest absolute Gasteiger partial charge is 0.141 e. The molecular weight excluding hydrogens is 254 g/mol. The molecule has 1 aliphatic rings. The van der Waals surface area contributed by atoms with E-state index in [4.69, 9.17) is 0 Å². The van der Waals surface area contributed by atoms with E-state index in [1.807, 2.05) is 0 Å². The summed E-state index contributed by atoms with van der Waals surface area (Å²) in [7, 11) is 0. The second-order valence-electron chi connectivity index (χ2n) is 5.43. The summed E-state index contributed by atoms with van der Waals surface area (Å²) in [5.74, 6) is 0.198. The summed E-state index contributed by atoms with van der Waals surface area (Å²) in [6.45, 7) is 6.78. The number of aryl methyl sites for hydroxylation is 1. The molecular formula is C15H25N3O2. The number of rotatable bonds is 7. The molecule has 3 N–H and O–H groups in total. The van der Waals surface area contributed by atoms with Crippen molar-refractivity contribution in [2.45, 2.75) is 39.3 Å². The summed E-state index contributed by atoms with van der Waals surface area (Å²) < 4.78 is 0. The first-order valence-electron chi connectivity index (χ1n) is 7.42. The zero-order valence-electron chi connectivity index (χ0n) is 12.2. The number of nitrogens with zero attached hydrogens (tertiary/aromatic N) is 2. The van der Waals surface area contributed by atoms with Gasteiger partial charge in [0.1, 0.15) is 5.75 Å². The topological polar surface area (TPSA) is 68.6 Å². The number of aromatic hydroxyl groups is 1. The van der Waals surface area contributed by atoms with Crippen molar-refractivity contribution in [3.63, 3.8) is 0 Å². The minimum absolute atomic E-state index is 0.0916. The van der Waals surface area contributed by atoms with Crippen LogP contribution in [0.5, 0.6) is 5.75 Å². The fraction of sp³-hybridized carbons (Fsp3) is 0.667. The van der Waals surface area contributed by atoms with Gasteiger partial charge in [-0.1, -0.05) is 0 Å². The quantitative estimate of drug-likeness (QED) is 0.654. The van der Waals surface area contributed by atoms with Crippen LogP contribution in [0, 0.1) is 6.92 Å². The van der Waals surface area contributed by atoms with Crippen LogP contribution in [-0.2, 0) is 13.2 Å². The molecule has 5 nitrogen and oxygen atoms in total. The van der Waals surface area contributed by atoms with Gasteiger partial charge in [-0.25, -0.2) is 0 Å². The zero-order valence-corrected chi connectivity index (χ0v) is 12.2. The van der Waals surface area contributed by atoms with Gasteiger partial charge in [-0.05, 0) is 52.4 Å². The van der Waals surface area contributed by atoms with Gasteiger partial charge in [0.15, 0.2) is 0 Å². The Labute approximate surface area is 120 Å². The first kappa shape index (κ1) is 15.2. The highest BCUT2D eigenvalue weighted by molar-refractivity contribution is 5.40. The molecule has 20 heavy (non-hydrogen) atoms. The third kappa shape index (κ3) is 3.91. The van der Waals surface area contributed by atoms with Crippen molar-refractivity contribution in [1.29, 1.82) is 0 Å². The molecule has 0 atom stereocenters. The molecule has 0 spiro atoms. The standard InChI is InChI=1S/C15H25N3O2/c1-12-15(20)14(13(11-19)9-17-12)10-16-5-4-8-18-6-2-3-7-18/h9,16,19-20H,2-8,10-11H2,1H3. The average Bonchev–Trinajstić information content (AvgIpc) is 2.96. The Morgan fingerprint density at radius 1 is 1.35 bits per heavy atom. The Hall–Kier alpha value is -1.17. The molecule has 1 aliphatic heterocycles. The highest BCUT2D eigenvalue weighted by atomic mass is 16.3. The van der Waals surface area contributed by atoms with Gasteiger partial charge in [-0.3, -0.25) is 4.98 Å². The Bertz CT molecular complexity index is 431. The van der Waals surface area contributed by atoms with Gasteiger partial charge in [-0.2, -0.15) is 0 Å². The maximum Gasteiger partial charge on any atom is 0.141 e. The van der Waals surface area contributed by atoms with Crippen molar-refractivity contribution in [3.05, 3.63) is 23.0 Å². The predicted octanol–water partition coefficient (Wildman–Crippen LogP) is 1.16. The number of aliphatic hydroxyl groups excluding tert-OH is 1. The van der Waals surface area contributed by atoms with Crippen molar-refractivity contribution in [2.75, 3.05) is 26.2 Å². The summed E-state index contributed by atoms with van der Waals surface area (Å²) in [6.07, 6.45) is 5.41. The number of pyridine rings is 1. The Morgan fingerprint density at radius 3 is 2.80 bits per heavy atom. The van der Waals surface area contributed by atoms with Crippen molar-refractivity contribution >= 4 is 0 Å². The minimum atomic E-state index is -0.0916. The van der Waals surface area contributed by atoms with Crippen LogP contribution in [0.4, 0.5) is 0 Å². The molecule has 0 saturated carbocycles. The highest BCUT2D eigenvalue weighted by Gasteiger charge is 2.12. The first-order valence-corrected chi connectivity index (χ1v) is 7.42. The van der Waals surface area contributed by atoms with Crippen LogP contribution in [0.2, 0.25) is 0 Å². The number of aromatic nitrogens is 1. The van der Waals surface area contributed by atoms with Gasteiger partial charge in [0, 0.05) is 23.9 Å². The molecule has 0 aliphatic carbocycles. The molecule has 0 bridgehead atoms. The third-order valence-electron chi connectivity index (χ3n) is 3.93. The lowest BCUT2D eigenvalue weighted by Gasteiger charge is -2.15. The Balaban J connectivity index is 1.77. The lowest BCUT2D eigenvalue weighted by Crippen LogP contribution is -2.25. The molecule has 1 aromatic rings. The monoisotopic (exact) mass is 279 g/mol. The first-order chi connectivity index (χ1) is 9.72. The normalized spacial score (nSPS) is 15.9. The maximum absolute atomic E-state index is 10.0. The second-order valence-corrected chi connectivity index (χ2v) is 5.43. The van der Waals surface area contributed by atoms with Crippen molar-refractivity contribution in [3.8, 4) is 5.75 Å². The summed E-state index contributed by atoms with van der Waals surface area (Å²) >= 11 is 0. The number of likely N-dealkylation sites (tertiary alicyclic amines) is 1. The van der Waals surface area contributed by atoms with Gasteiger partial charge >= 0.3 is 0 Å². The molecule has 1 fully saturated rings. The largest absolute Gasteiger partial charge is 0.506 e. The van der Waals surface area contributed by atoms with Crippen LogP contribution < -0.4 is 5.32 Å². The average molecular weight is 279 g/mol. The predicted molar refractivity (Wildman–Crippen MR) is 78.6 cm³/mol. The van der Waals surface area contributed by atoms with Crippen LogP contribution in [0.15, 0.2) is 6.20 Å². The fourth-order valence-corrected chi connectivity index (χ4v) is 2.67. The molecule has 112 valence electrons. The van der Waals surface area contributed by atoms with Crippen molar-refractivity contribution in [2.24, 2.45) is 0 Å². The minimum Gasteiger partial charge on any atom is -0.506 e. The van der Waals surface area contributed by atoms with Crippen molar-refractivity contribution in [1.82, 2.24) is 15.2 Å². The van der Waals surface area contributed by atoms with Gasteiger partial charge in [0.05, 0.1) is 12.3 Å². The molecule has 2 heterocycles. The lowest BCUT2D eigenvalue weighted by molar-refractivity contribution is 0.278. The number of hydrogen-bond donors (Lipinski definition) is 3. The highest BCUT2D eigenvalue weighted by Crippen LogP contribution is 2.23. The van der Waals surface area contributed by atoms with Crippen LogP contribution >= 0.6 is 0 Å². The summed E-state index contributed by atoms with van der Waals surface area (Å²) in [6, 6.07) is 0. The van der Waals surface area contributed by atoms with Crippen molar-refractivity contribution < 1.29 is 10.2 Å². The van der Waals surface area contributed by atoms with E-state index in [-0.39, 0.29) is 12.4 Å². The van der Waals surface area contributed by atoms with Gasteiger partial charge < -0.3 is 20.4 Å². The molecule has 2 rings (SSSR count). The summed E-state index contributed by atoms with van der Waals surface area (Å²) in [5.41, 5.74) is 2.07. The molecule has 0 unspecified atom stereocenters. The maximum atomic E-state index is 10.0. The lowest BCUT2D eigenvalue weighted by atomic mass is 10.1. The van der Waals surface area contributed by atoms with Crippen LogP contribution in [0.25, 0.3) is 0 Å². The van der Waals surface area contributed by atoms with E-state index < -0.39 is 0 Å². The second kappa shape index (κ2) is 7.57. The van der Waals surface area contributed by atoms with E-state index in [1.54, 1.807) is 13.1 Å². The molecule has 0 radical (unpaired) electrons. The summed E-state index contributed by atoms with van der Waals surface area (Å²) in [4.78, 5) is 6.56. The fourth-order valence-electron chi connectivity index (χ4n) is 2.67. The SMILES string of the molecule is Cc1ncc(CO)c(CNCCCN2CCCC2)c1O. The number of hydrogen-bond acceptors (Lipinski definition) is 5.